The van der Waals surface area contributed by atoms with Gasteiger partial charge in [0, 0.05) is 25.0 Å². The minimum atomic E-state index is -0.287. The number of imidazole rings is 1. The summed E-state index contributed by atoms with van der Waals surface area (Å²) in [5, 5.41) is 3.13. The van der Waals surface area contributed by atoms with Crippen molar-refractivity contribution >= 4 is 5.91 Å². The third-order valence-electron chi connectivity index (χ3n) is 3.93. The highest BCUT2D eigenvalue weighted by atomic mass is 16.2. The number of aromatic nitrogens is 2. The molecule has 1 aliphatic rings. The smallest absolute Gasteiger partial charge is 0.230 e. The summed E-state index contributed by atoms with van der Waals surface area (Å²) >= 11 is 0. The predicted octanol–water partition coefficient (Wildman–Crippen LogP) is 2.12. The average Bonchev–Trinajstić information content (AvgIpc) is 3.13. The van der Waals surface area contributed by atoms with E-state index in [-0.39, 0.29) is 17.4 Å². The van der Waals surface area contributed by atoms with Crippen molar-refractivity contribution in [3.05, 3.63) is 54.6 Å². The van der Waals surface area contributed by atoms with Crippen molar-refractivity contribution in [3.8, 4) is 0 Å². The summed E-state index contributed by atoms with van der Waals surface area (Å²) in [5.74, 6) is 0.149. The maximum absolute atomic E-state index is 12.5. The van der Waals surface area contributed by atoms with E-state index in [4.69, 9.17) is 0 Å². The second-order valence-electron chi connectivity index (χ2n) is 5.58. The molecule has 0 bridgehead atoms. The lowest BCUT2D eigenvalue weighted by Gasteiger charge is -2.20. The molecule has 104 valence electrons. The Morgan fingerprint density at radius 2 is 2.15 bits per heavy atom. The molecule has 1 saturated carbocycles. The van der Waals surface area contributed by atoms with E-state index in [0.29, 0.717) is 0 Å². The Morgan fingerprint density at radius 3 is 2.75 bits per heavy atom. The molecule has 0 saturated heterocycles. The molecule has 1 fully saturated rings. The number of carbonyl (C=O) groups excluding carboxylic acids is 1. The Morgan fingerprint density at radius 1 is 1.40 bits per heavy atom. The van der Waals surface area contributed by atoms with Crippen LogP contribution in [0, 0.1) is 0 Å². The number of nitrogens with one attached hydrogen (secondary N) is 1. The van der Waals surface area contributed by atoms with Gasteiger partial charge in [0.25, 0.3) is 0 Å². The number of rotatable bonds is 5. The zero-order chi connectivity index (χ0) is 14.0. The Labute approximate surface area is 118 Å². The minimum absolute atomic E-state index is 0.0953. The normalized spacial score (nSPS) is 17.4. The molecule has 4 nitrogen and oxygen atoms in total. The third-order valence-corrected chi connectivity index (χ3v) is 3.93. The van der Waals surface area contributed by atoms with Gasteiger partial charge in [-0.05, 0) is 25.3 Å². The molecule has 0 unspecified atom stereocenters. The molecule has 1 atom stereocenters. The van der Waals surface area contributed by atoms with Crippen molar-refractivity contribution in [2.24, 2.45) is 0 Å². The molecule has 1 aliphatic carbocycles. The van der Waals surface area contributed by atoms with Crippen LogP contribution in [0.4, 0.5) is 0 Å². The van der Waals surface area contributed by atoms with E-state index in [1.165, 1.54) is 0 Å². The van der Waals surface area contributed by atoms with Crippen LogP contribution < -0.4 is 5.32 Å². The van der Waals surface area contributed by atoms with Gasteiger partial charge in [0.1, 0.15) is 0 Å². The van der Waals surface area contributed by atoms with Gasteiger partial charge < -0.3 is 9.88 Å². The fraction of sp³-hybridized carbons (Fsp3) is 0.375. The molecule has 1 N–H and O–H groups in total. The quantitative estimate of drug-likeness (QED) is 0.903. The first-order valence-corrected chi connectivity index (χ1v) is 7.03. The van der Waals surface area contributed by atoms with Crippen LogP contribution in [-0.2, 0) is 16.8 Å². The number of hydrogen-bond acceptors (Lipinski definition) is 2. The summed E-state index contributed by atoms with van der Waals surface area (Å²) in [4.78, 5) is 16.5. The zero-order valence-corrected chi connectivity index (χ0v) is 11.6. The maximum Gasteiger partial charge on any atom is 0.230 e. The van der Waals surface area contributed by atoms with Crippen LogP contribution in [-0.4, -0.2) is 21.5 Å². The highest BCUT2D eigenvalue weighted by Crippen LogP contribution is 2.48. The van der Waals surface area contributed by atoms with Gasteiger partial charge in [0.05, 0.1) is 11.7 Å². The molecule has 0 spiro atoms. The average molecular weight is 269 g/mol. The lowest BCUT2D eigenvalue weighted by atomic mass is 9.95. The van der Waals surface area contributed by atoms with E-state index < -0.39 is 0 Å². The third kappa shape index (κ3) is 2.46. The minimum Gasteiger partial charge on any atom is -0.351 e. The Bertz CT molecular complexity index is 573. The van der Waals surface area contributed by atoms with Gasteiger partial charge in [-0.2, -0.15) is 0 Å². The SMILES string of the molecule is C[C@@H](Cn1ccnc1)NC(=O)C1(c2ccccc2)CC1. The maximum atomic E-state index is 12.5. The van der Waals surface area contributed by atoms with Gasteiger partial charge in [-0.15, -0.1) is 0 Å². The molecule has 2 aromatic rings. The van der Waals surface area contributed by atoms with Crippen LogP contribution in [0.25, 0.3) is 0 Å². The number of benzene rings is 1. The van der Waals surface area contributed by atoms with Crippen molar-refractivity contribution in [2.45, 2.75) is 37.8 Å². The lowest BCUT2D eigenvalue weighted by molar-refractivity contribution is -0.124. The van der Waals surface area contributed by atoms with Crippen molar-refractivity contribution in [1.29, 1.82) is 0 Å². The summed E-state index contributed by atoms with van der Waals surface area (Å²) in [6.45, 7) is 2.77. The van der Waals surface area contributed by atoms with Crippen molar-refractivity contribution in [1.82, 2.24) is 14.9 Å². The molecule has 3 rings (SSSR count). The van der Waals surface area contributed by atoms with E-state index in [1.54, 1.807) is 12.5 Å². The fourth-order valence-corrected chi connectivity index (χ4v) is 2.65. The van der Waals surface area contributed by atoms with Gasteiger partial charge in [0.15, 0.2) is 0 Å². The van der Waals surface area contributed by atoms with Crippen molar-refractivity contribution in [2.75, 3.05) is 0 Å². The van der Waals surface area contributed by atoms with E-state index in [0.717, 1.165) is 24.9 Å². The molecule has 1 amide bonds. The van der Waals surface area contributed by atoms with Gasteiger partial charge in [0.2, 0.25) is 5.91 Å². The molecule has 4 heteroatoms. The fourth-order valence-electron chi connectivity index (χ4n) is 2.65. The molecule has 0 radical (unpaired) electrons. The Balaban J connectivity index is 1.65. The summed E-state index contributed by atoms with van der Waals surface area (Å²) in [5.41, 5.74) is 0.845. The van der Waals surface area contributed by atoms with Crippen LogP contribution >= 0.6 is 0 Å². The molecule has 0 aliphatic heterocycles. The highest BCUT2D eigenvalue weighted by Gasteiger charge is 2.51. The Hall–Kier alpha value is -2.10. The topological polar surface area (TPSA) is 46.9 Å². The molecule has 1 heterocycles. The van der Waals surface area contributed by atoms with Crippen LogP contribution in [0.5, 0.6) is 0 Å². The highest BCUT2D eigenvalue weighted by molar-refractivity contribution is 5.91. The van der Waals surface area contributed by atoms with Crippen molar-refractivity contribution in [3.63, 3.8) is 0 Å². The lowest BCUT2D eigenvalue weighted by Crippen LogP contribution is -2.41. The number of nitrogens with zero attached hydrogens (tertiary/aromatic N) is 2. The van der Waals surface area contributed by atoms with E-state index in [2.05, 4.69) is 10.3 Å². The first kappa shape index (κ1) is 12.9. The standard InChI is InChI=1S/C16H19N3O/c1-13(11-19-10-9-17-12-19)18-15(20)16(7-8-16)14-5-3-2-4-6-14/h2-6,9-10,12-13H,7-8,11H2,1H3,(H,18,20)/t13-/m0/s1. The summed E-state index contributed by atoms with van der Waals surface area (Å²) < 4.78 is 1.98. The van der Waals surface area contributed by atoms with Gasteiger partial charge in [-0.25, -0.2) is 4.98 Å². The van der Waals surface area contributed by atoms with Gasteiger partial charge in [-0.1, -0.05) is 30.3 Å². The Kier molecular flexibility index (Phi) is 3.30. The van der Waals surface area contributed by atoms with Gasteiger partial charge in [-0.3, -0.25) is 4.79 Å². The zero-order valence-electron chi connectivity index (χ0n) is 11.6. The molecule has 1 aromatic carbocycles. The van der Waals surface area contributed by atoms with Crippen LogP contribution in [0.1, 0.15) is 25.3 Å². The van der Waals surface area contributed by atoms with E-state index in [9.17, 15) is 4.79 Å². The number of hydrogen-bond donors (Lipinski definition) is 1. The first-order valence-electron chi connectivity index (χ1n) is 7.03. The van der Waals surface area contributed by atoms with Gasteiger partial charge >= 0.3 is 0 Å². The monoisotopic (exact) mass is 269 g/mol. The number of carbonyl (C=O) groups is 1. The van der Waals surface area contributed by atoms with E-state index in [1.807, 2.05) is 48.0 Å². The number of amides is 1. The second kappa shape index (κ2) is 5.12. The molecular weight excluding hydrogens is 250 g/mol. The van der Waals surface area contributed by atoms with Crippen molar-refractivity contribution < 1.29 is 4.79 Å². The largest absolute Gasteiger partial charge is 0.351 e. The van der Waals surface area contributed by atoms with E-state index >= 15 is 0 Å². The van der Waals surface area contributed by atoms with Crippen LogP contribution in [0.2, 0.25) is 0 Å². The van der Waals surface area contributed by atoms with Crippen LogP contribution in [0.15, 0.2) is 49.1 Å². The summed E-state index contributed by atoms with van der Waals surface area (Å²) in [7, 11) is 0. The first-order chi connectivity index (χ1) is 9.71. The predicted molar refractivity (Wildman–Crippen MR) is 77.2 cm³/mol. The summed E-state index contributed by atoms with van der Waals surface area (Å²) in [6.07, 6.45) is 7.32. The molecule has 20 heavy (non-hydrogen) atoms. The molecular formula is C16H19N3O. The molecule has 1 aromatic heterocycles. The summed E-state index contributed by atoms with van der Waals surface area (Å²) in [6, 6.07) is 10.2. The van der Waals surface area contributed by atoms with Crippen LogP contribution in [0.3, 0.4) is 0 Å². The second-order valence-corrected chi connectivity index (χ2v) is 5.58.